The van der Waals surface area contributed by atoms with Gasteiger partial charge in [-0.1, -0.05) is 12.1 Å². The number of benzene rings is 1. The van der Waals surface area contributed by atoms with Crippen molar-refractivity contribution in [1.82, 2.24) is 0 Å². The van der Waals surface area contributed by atoms with Crippen LogP contribution in [-0.4, -0.2) is 0 Å². The van der Waals surface area contributed by atoms with Crippen molar-refractivity contribution in [3.8, 4) is 0 Å². The van der Waals surface area contributed by atoms with Crippen LogP contribution in [0.3, 0.4) is 0 Å². The minimum absolute atomic E-state index is 0.282. The van der Waals surface area contributed by atoms with Crippen LogP contribution in [0.2, 0.25) is 0 Å². The van der Waals surface area contributed by atoms with E-state index >= 15 is 0 Å². The minimum Gasteiger partial charge on any atom is -0.423 e. The molecule has 2 rings (SSSR count). The molecule has 0 fully saturated rings. The van der Waals surface area contributed by atoms with E-state index in [1.165, 1.54) is 6.07 Å². The zero-order valence-electron chi connectivity index (χ0n) is 7.63. The highest BCUT2D eigenvalue weighted by Crippen LogP contribution is 2.19. The Morgan fingerprint density at radius 3 is 2.69 bits per heavy atom. The van der Waals surface area contributed by atoms with Crippen LogP contribution in [0.5, 0.6) is 0 Å². The maximum Gasteiger partial charge on any atom is 0.336 e. The standard InChI is InChI=1S/C11H10O2/c1-7-4-3-5-9-11(7)8(2)6-10(12)13-9/h3-6H,1-2H3. The molecular formula is C11H10O2. The second-order valence-electron chi connectivity index (χ2n) is 3.20. The van der Waals surface area contributed by atoms with Crippen LogP contribution in [0.4, 0.5) is 0 Å². The second-order valence-corrected chi connectivity index (χ2v) is 3.20. The first-order valence-corrected chi connectivity index (χ1v) is 4.18. The van der Waals surface area contributed by atoms with E-state index in [4.69, 9.17) is 4.42 Å². The van der Waals surface area contributed by atoms with Crippen LogP contribution in [0.15, 0.2) is 33.5 Å². The molecule has 0 saturated carbocycles. The molecule has 0 radical (unpaired) electrons. The zero-order chi connectivity index (χ0) is 9.42. The summed E-state index contributed by atoms with van der Waals surface area (Å²) in [5.41, 5.74) is 2.50. The Hall–Kier alpha value is -1.57. The van der Waals surface area contributed by atoms with E-state index in [1.807, 2.05) is 32.0 Å². The van der Waals surface area contributed by atoms with E-state index in [0.29, 0.717) is 5.58 Å². The molecular weight excluding hydrogens is 164 g/mol. The highest BCUT2D eigenvalue weighted by Gasteiger charge is 2.02. The largest absolute Gasteiger partial charge is 0.423 e. The first kappa shape index (κ1) is 8.05. The Labute approximate surface area is 75.8 Å². The summed E-state index contributed by atoms with van der Waals surface area (Å²) < 4.78 is 5.07. The van der Waals surface area contributed by atoms with Crippen molar-refractivity contribution in [2.24, 2.45) is 0 Å². The Bertz CT molecular complexity index is 509. The maximum atomic E-state index is 11.0. The van der Waals surface area contributed by atoms with Gasteiger partial charge in [-0.05, 0) is 31.0 Å². The molecule has 0 bridgehead atoms. The van der Waals surface area contributed by atoms with E-state index in [0.717, 1.165) is 16.5 Å². The SMILES string of the molecule is Cc1cccc2oc(=O)cc(C)c12. The second kappa shape index (κ2) is 2.73. The average molecular weight is 174 g/mol. The fourth-order valence-corrected chi connectivity index (χ4v) is 1.62. The molecule has 1 heterocycles. The van der Waals surface area contributed by atoms with Crippen LogP contribution in [0.25, 0.3) is 11.0 Å². The molecule has 2 heteroatoms. The molecule has 2 nitrogen and oxygen atoms in total. The van der Waals surface area contributed by atoms with Crippen LogP contribution >= 0.6 is 0 Å². The minimum atomic E-state index is -0.282. The van der Waals surface area contributed by atoms with Gasteiger partial charge in [0.15, 0.2) is 0 Å². The van der Waals surface area contributed by atoms with Gasteiger partial charge in [0.1, 0.15) is 5.58 Å². The molecule has 0 amide bonds. The lowest BCUT2D eigenvalue weighted by atomic mass is 10.1. The van der Waals surface area contributed by atoms with Gasteiger partial charge in [-0.25, -0.2) is 4.79 Å². The van der Waals surface area contributed by atoms with E-state index in [2.05, 4.69) is 0 Å². The highest BCUT2D eigenvalue weighted by atomic mass is 16.4. The molecule has 0 aliphatic heterocycles. The third-order valence-electron chi connectivity index (χ3n) is 2.17. The van der Waals surface area contributed by atoms with Gasteiger partial charge in [-0.2, -0.15) is 0 Å². The normalized spacial score (nSPS) is 10.6. The van der Waals surface area contributed by atoms with Crippen LogP contribution < -0.4 is 5.63 Å². The summed E-state index contributed by atoms with van der Waals surface area (Å²) in [7, 11) is 0. The topological polar surface area (TPSA) is 30.2 Å². The first-order chi connectivity index (χ1) is 6.18. The third kappa shape index (κ3) is 1.24. The van der Waals surface area contributed by atoms with Crippen LogP contribution in [0, 0.1) is 13.8 Å². The van der Waals surface area contributed by atoms with E-state index in [9.17, 15) is 4.79 Å². The van der Waals surface area contributed by atoms with E-state index < -0.39 is 0 Å². The molecule has 1 aromatic heterocycles. The molecule has 66 valence electrons. The van der Waals surface area contributed by atoms with Gasteiger partial charge >= 0.3 is 5.63 Å². The number of hydrogen-bond donors (Lipinski definition) is 0. The molecule has 0 saturated heterocycles. The van der Waals surface area contributed by atoms with Crippen LogP contribution in [-0.2, 0) is 0 Å². The molecule has 2 aromatic rings. The molecule has 13 heavy (non-hydrogen) atoms. The van der Waals surface area contributed by atoms with Crippen molar-refractivity contribution in [3.63, 3.8) is 0 Å². The fraction of sp³-hybridized carbons (Fsp3) is 0.182. The van der Waals surface area contributed by atoms with Crippen LogP contribution in [0.1, 0.15) is 11.1 Å². The summed E-state index contributed by atoms with van der Waals surface area (Å²) in [6.07, 6.45) is 0. The van der Waals surface area contributed by atoms with Crippen molar-refractivity contribution in [2.75, 3.05) is 0 Å². The Morgan fingerprint density at radius 1 is 1.15 bits per heavy atom. The van der Waals surface area contributed by atoms with Gasteiger partial charge in [-0.3, -0.25) is 0 Å². The average Bonchev–Trinajstić information content (AvgIpc) is 2.02. The van der Waals surface area contributed by atoms with Gasteiger partial charge in [0.2, 0.25) is 0 Å². The molecule has 0 N–H and O–H groups in total. The smallest absolute Gasteiger partial charge is 0.336 e. The van der Waals surface area contributed by atoms with E-state index in [1.54, 1.807) is 0 Å². The maximum absolute atomic E-state index is 11.0. The first-order valence-electron chi connectivity index (χ1n) is 4.18. The summed E-state index contributed by atoms with van der Waals surface area (Å²) >= 11 is 0. The van der Waals surface area contributed by atoms with Crippen molar-refractivity contribution in [1.29, 1.82) is 0 Å². The zero-order valence-corrected chi connectivity index (χ0v) is 7.63. The van der Waals surface area contributed by atoms with Crippen molar-refractivity contribution in [2.45, 2.75) is 13.8 Å². The molecule has 1 aromatic carbocycles. The summed E-state index contributed by atoms with van der Waals surface area (Å²) in [6, 6.07) is 7.24. The Balaban J connectivity index is 3.03. The molecule has 0 atom stereocenters. The lowest BCUT2D eigenvalue weighted by Crippen LogP contribution is -1.98. The molecule has 0 aliphatic rings. The fourth-order valence-electron chi connectivity index (χ4n) is 1.62. The summed E-state index contributed by atoms with van der Waals surface area (Å²) in [4.78, 5) is 11.0. The lowest BCUT2D eigenvalue weighted by molar-refractivity contribution is 0.559. The molecule has 0 unspecified atom stereocenters. The quantitative estimate of drug-likeness (QED) is 0.574. The van der Waals surface area contributed by atoms with Crippen molar-refractivity contribution < 1.29 is 4.42 Å². The Morgan fingerprint density at radius 2 is 1.92 bits per heavy atom. The van der Waals surface area contributed by atoms with Crippen molar-refractivity contribution >= 4 is 11.0 Å². The van der Waals surface area contributed by atoms with Gasteiger partial charge in [0.05, 0.1) is 0 Å². The third-order valence-corrected chi connectivity index (χ3v) is 2.17. The summed E-state index contributed by atoms with van der Waals surface area (Å²) in [5, 5.41) is 1.04. The lowest BCUT2D eigenvalue weighted by Gasteiger charge is -2.02. The van der Waals surface area contributed by atoms with Gasteiger partial charge in [0.25, 0.3) is 0 Å². The number of hydrogen-bond acceptors (Lipinski definition) is 2. The summed E-state index contributed by atoms with van der Waals surface area (Å²) in [5.74, 6) is 0. The van der Waals surface area contributed by atoms with Gasteiger partial charge in [-0.15, -0.1) is 0 Å². The number of rotatable bonds is 0. The predicted octanol–water partition coefficient (Wildman–Crippen LogP) is 2.41. The predicted molar refractivity (Wildman–Crippen MR) is 52.0 cm³/mol. The number of fused-ring (bicyclic) bond motifs is 1. The Kier molecular flexibility index (Phi) is 1.69. The monoisotopic (exact) mass is 174 g/mol. The molecule has 0 aliphatic carbocycles. The van der Waals surface area contributed by atoms with E-state index in [-0.39, 0.29) is 5.63 Å². The number of aryl methyl sites for hydroxylation is 2. The highest BCUT2D eigenvalue weighted by molar-refractivity contribution is 5.83. The van der Waals surface area contributed by atoms with Crippen molar-refractivity contribution in [3.05, 3.63) is 45.8 Å². The van der Waals surface area contributed by atoms with Gasteiger partial charge in [0, 0.05) is 11.5 Å². The van der Waals surface area contributed by atoms with Gasteiger partial charge < -0.3 is 4.42 Å². The summed E-state index contributed by atoms with van der Waals surface area (Å²) in [6.45, 7) is 3.93. The molecule has 0 spiro atoms.